The zero-order chi connectivity index (χ0) is 16.0. The number of carbonyl (C=O) groups is 2. The Labute approximate surface area is 132 Å². The molecule has 3 aromatic carbocycles. The first-order chi connectivity index (χ1) is 11.1. The first-order valence-corrected chi connectivity index (χ1v) is 7.31. The summed E-state index contributed by atoms with van der Waals surface area (Å²) in [6, 6.07) is 17.7. The van der Waals surface area contributed by atoms with Crippen molar-refractivity contribution in [2.24, 2.45) is 0 Å². The van der Waals surface area contributed by atoms with Crippen molar-refractivity contribution < 1.29 is 14.7 Å². The highest BCUT2D eigenvalue weighted by Gasteiger charge is 2.36. The number of nitrogens with zero attached hydrogens (tertiary/aromatic N) is 1. The molecule has 0 aliphatic carbocycles. The second-order valence-electron chi connectivity index (χ2n) is 5.58. The predicted octanol–water partition coefficient (Wildman–Crippen LogP) is 3.34. The lowest BCUT2D eigenvalue weighted by Gasteiger charge is -2.13. The summed E-state index contributed by atoms with van der Waals surface area (Å²) in [5.74, 6) is -0.531. The highest BCUT2D eigenvalue weighted by molar-refractivity contribution is 6.26. The van der Waals surface area contributed by atoms with Crippen molar-refractivity contribution in [3.05, 3.63) is 77.4 Å². The van der Waals surface area contributed by atoms with Gasteiger partial charge in [-0.1, -0.05) is 42.5 Å². The van der Waals surface area contributed by atoms with Gasteiger partial charge in [0.1, 0.15) is 5.75 Å². The van der Waals surface area contributed by atoms with Crippen LogP contribution in [0.1, 0.15) is 26.3 Å². The fourth-order valence-corrected chi connectivity index (χ4v) is 3.00. The maximum absolute atomic E-state index is 12.8. The third-order valence-electron chi connectivity index (χ3n) is 4.12. The monoisotopic (exact) mass is 303 g/mol. The molecule has 0 atom stereocenters. The molecule has 0 unspecified atom stereocenters. The Morgan fingerprint density at radius 2 is 1.61 bits per heavy atom. The fourth-order valence-electron chi connectivity index (χ4n) is 3.00. The maximum Gasteiger partial charge on any atom is 0.262 e. The van der Waals surface area contributed by atoms with Gasteiger partial charge in [0.25, 0.3) is 11.8 Å². The summed E-state index contributed by atoms with van der Waals surface area (Å²) in [6.07, 6.45) is 0. The van der Waals surface area contributed by atoms with E-state index in [-0.39, 0.29) is 24.1 Å². The van der Waals surface area contributed by atoms with E-state index in [1.807, 2.05) is 30.3 Å². The third kappa shape index (κ3) is 2.07. The van der Waals surface area contributed by atoms with Crippen LogP contribution in [-0.4, -0.2) is 21.8 Å². The van der Waals surface area contributed by atoms with Crippen molar-refractivity contribution in [3.8, 4) is 5.75 Å². The fraction of sp³-hybridized carbons (Fsp3) is 0.0526. The number of phenolic OH excluding ortho intramolecular Hbond substituents is 1. The summed E-state index contributed by atoms with van der Waals surface area (Å²) >= 11 is 0. The number of fused-ring (bicyclic) bond motifs is 3. The van der Waals surface area contributed by atoms with Gasteiger partial charge < -0.3 is 5.11 Å². The minimum absolute atomic E-state index is 0.0765. The standard InChI is InChI=1S/C19H13NO3/c21-14-8-6-13-7-9-15-17(16(13)10-14)19(23)20(18(15)22)11-12-4-2-1-3-5-12/h1-10,21H,11H2. The summed E-state index contributed by atoms with van der Waals surface area (Å²) in [7, 11) is 0. The second-order valence-corrected chi connectivity index (χ2v) is 5.58. The molecule has 0 radical (unpaired) electrons. The van der Waals surface area contributed by atoms with E-state index in [2.05, 4.69) is 0 Å². The third-order valence-corrected chi connectivity index (χ3v) is 4.12. The predicted molar refractivity (Wildman–Crippen MR) is 86.3 cm³/mol. The molecule has 1 aliphatic rings. The molecule has 1 heterocycles. The zero-order valence-electron chi connectivity index (χ0n) is 12.2. The van der Waals surface area contributed by atoms with Gasteiger partial charge >= 0.3 is 0 Å². The van der Waals surface area contributed by atoms with Crippen LogP contribution in [0.5, 0.6) is 5.75 Å². The van der Waals surface area contributed by atoms with Gasteiger partial charge in [0, 0.05) is 0 Å². The average molecular weight is 303 g/mol. The quantitative estimate of drug-likeness (QED) is 0.739. The molecular formula is C19H13NO3. The molecule has 0 fully saturated rings. The van der Waals surface area contributed by atoms with E-state index < -0.39 is 0 Å². The first-order valence-electron chi connectivity index (χ1n) is 7.31. The summed E-state index contributed by atoms with van der Waals surface area (Å²) in [5, 5.41) is 11.1. The SMILES string of the molecule is O=C1c2ccc3ccc(O)cc3c2C(=O)N1Cc1ccccc1. The second kappa shape index (κ2) is 4.95. The molecular weight excluding hydrogens is 290 g/mol. The van der Waals surface area contributed by atoms with Crippen molar-refractivity contribution in [1.82, 2.24) is 4.90 Å². The van der Waals surface area contributed by atoms with Crippen LogP contribution in [0.25, 0.3) is 10.8 Å². The van der Waals surface area contributed by atoms with Gasteiger partial charge in [-0.05, 0) is 34.5 Å². The Morgan fingerprint density at radius 3 is 2.39 bits per heavy atom. The van der Waals surface area contributed by atoms with Crippen LogP contribution in [-0.2, 0) is 6.54 Å². The van der Waals surface area contributed by atoms with E-state index in [1.54, 1.807) is 24.3 Å². The van der Waals surface area contributed by atoms with Gasteiger partial charge in [0.15, 0.2) is 0 Å². The Kier molecular flexibility index (Phi) is 2.91. The molecule has 4 nitrogen and oxygen atoms in total. The molecule has 4 rings (SSSR count). The molecule has 112 valence electrons. The van der Waals surface area contributed by atoms with Crippen molar-refractivity contribution in [1.29, 1.82) is 0 Å². The van der Waals surface area contributed by atoms with Crippen LogP contribution in [0.2, 0.25) is 0 Å². The highest BCUT2D eigenvalue weighted by Crippen LogP contribution is 2.32. The van der Waals surface area contributed by atoms with Crippen LogP contribution in [0.4, 0.5) is 0 Å². The maximum atomic E-state index is 12.8. The Balaban J connectivity index is 1.83. The number of phenols is 1. The first kappa shape index (κ1) is 13.5. The Bertz CT molecular complexity index is 947. The molecule has 0 saturated heterocycles. The van der Waals surface area contributed by atoms with Crippen molar-refractivity contribution >= 4 is 22.6 Å². The van der Waals surface area contributed by atoms with E-state index in [9.17, 15) is 14.7 Å². The number of hydrogen-bond acceptors (Lipinski definition) is 3. The van der Waals surface area contributed by atoms with E-state index >= 15 is 0 Å². The number of rotatable bonds is 2. The molecule has 1 N–H and O–H groups in total. The molecule has 0 saturated carbocycles. The van der Waals surface area contributed by atoms with Crippen LogP contribution < -0.4 is 0 Å². The molecule has 0 aromatic heterocycles. The van der Waals surface area contributed by atoms with Crippen LogP contribution in [0.15, 0.2) is 60.7 Å². The van der Waals surface area contributed by atoms with E-state index in [1.165, 1.54) is 11.0 Å². The zero-order valence-corrected chi connectivity index (χ0v) is 12.2. The lowest BCUT2D eigenvalue weighted by molar-refractivity contribution is 0.0643. The van der Waals surface area contributed by atoms with Gasteiger partial charge in [-0.2, -0.15) is 0 Å². The average Bonchev–Trinajstić information content (AvgIpc) is 2.81. The van der Waals surface area contributed by atoms with Gasteiger partial charge in [0.2, 0.25) is 0 Å². The van der Waals surface area contributed by atoms with Crippen LogP contribution >= 0.6 is 0 Å². The number of amides is 2. The lowest BCUT2D eigenvalue weighted by Crippen LogP contribution is -2.29. The van der Waals surface area contributed by atoms with Crippen molar-refractivity contribution in [2.45, 2.75) is 6.54 Å². The lowest BCUT2D eigenvalue weighted by atomic mass is 10.0. The summed E-state index contributed by atoms with van der Waals surface area (Å²) < 4.78 is 0. The summed E-state index contributed by atoms with van der Waals surface area (Å²) in [4.78, 5) is 26.6. The van der Waals surface area contributed by atoms with Crippen molar-refractivity contribution in [3.63, 3.8) is 0 Å². The van der Waals surface area contributed by atoms with E-state index in [0.717, 1.165) is 10.9 Å². The number of carbonyl (C=O) groups excluding carboxylic acids is 2. The Hall–Kier alpha value is -3.14. The van der Waals surface area contributed by atoms with Gasteiger partial charge in [-0.3, -0.25) is 14.5 Å². The molecule has 0 spiro atoms. The Morgan fingerprint density at radius 1 is 0.870 bits per heavy atom. The van der Waals surface area contributed by atoms with Gasteiger partial charge in [0.05, 0.1) is 17.7 Å². The number of benzene rings is 3. The van der Waals surface area contributed by atoms with Crippen LogP contribution in [0, 0.1) is 0 Å². The largest absolute Gasteiger partial charge is 0.508 e. The topological polar surface area (TPSA) is 57.6 Å². The van der Waals surface area contributed by atoms with E-state index in [0.29, 0.717) is 16.5 Å². The van der Waals surface area contributed by atoms with Gasteiger partial charge in [-0.15, -0.1) is 0 Å². The van der Waals surface area contributed by atoms with Gasteiger partial charge in [-0.25, -0.2) is 0 Å². The van der Waals surface area contributed by atoms with Crippen LogP contribution in [0.3, 0.4) is 0 Å². The normalized spacial score (nSPS) is 13.7. The number of aromatic hydroxyl groups is 1. The minimum Gasteiger partial charge on any atom is -0.508 e. The molecule has 23 heavy (non-hydrogen) atoms. The highest BCUT2D eigenvalue weighted by atomic mass is 16.3. The summed E-state index contributed by atoms with van der Waals surface area (Å²) in [6.45, 7) is 0.244. The number of imide groups is 1. The minimum atomic E-state index is -0.315. The smallest absolute Gasteiger partial charge is 0.262 e. The molecule has 1 aliphatic heterocycles. The number of hydrogen-bond donors (Lipinski definition) is 1. The summed E-state index contributed by atoms with van der Waals surface area (Å²) in [5.41, 5.74) is 1.66. The van der Waals surface area contributed by atoms with Crippen molar-refractivity contribution in [2.75, 3.05) is 0 Å². The van der Waals surface area contributed by atoms with E-state index in [4.69, 9.17) is 0 Å². The molecule has 3 aromatic rings. The molecule has 2 amide bonds. The molecule has 0 bridgehead atoms. The molecule has 4 heteroatoms.